The molecule has 0 aromatic carbocycles. The second kappa shape index (κ2) is 8.92. The molecule has 0 aromatic heterocycles. The van der Waals surface area contributed by atoms with Crippen LogP contribution in [-0.2, 0) is 10.0 Å². The molecule has 0 atom stereocenters. The van der Waals surface area contributed by atoms with Gasteiger partial charge in [-0.15, -0.1) is 24.0 Å². The number of aliphatic imine (C=N–C) groups is 1. The first-order chi connectivity index (χ1) is 7.70. The predicted molar refractivity (Wildman–Crippen MR) is 87.1 cm³/mol. The molecule has 110 valence electrons. The van der Waals surface area contributed by atoms with E-state index in [2.05, 4.69) is 20.3 Å². The highest BCUT2D eigenvalue weighted by molar-refractivity contribution is 14.0. The molecule has 6 nitrogen and oxygen atoms in total. The number of hydrogen-bond acceptors (Lipinski definition) is 3. The maximum atomic E-state index is 11.2. The molecule has 0 spiro atoms. The summed E-state index contributed by atoms with van der Waals surface area (Å²) >= 11 is 0. The molecule has 3 N–H and O–H groups in total. The SMILES string of the molecule is CCNC(=NCC(C)(C)NS(C)(=O)=O)NCC.I. The molecule has 18 heavy (non-hydrogen) atoms. The van der Waals surface area contributed by atoms with E-state index in [1.54, 1.807) is 13.8 Å². The van der Waals surface area contributed by atoms with E-state index in [9.17, 15) is 8.42 Å². The standard InChI is InChI=1S/C10H24N4O2S.HI/c1-6-11-9(12-7-2)13-8-10(3,4)14-17(5,15)16;/h14H,6-8H2,1-5H3,(H2,11,12,13);1H. The van der Waals surface area contributed by atoms with E-state index in [1.165, 1.54) is 0 Å². The van der Waals surface area contributed by atoms with Crippen LogP contribution in [0.25, 0.3) is 0 Å². The largest absolute Gasteiger partial charge is 0.357 e. The van der Waals surface area contributed by atoms with Gasteiger partial charge in [-0.2, -0.15) is 0 Å². The molecule has 0 amide bonds. The second-order valence-corrected chi connectivity index (χ2v) is 6.23. The molecule has 0 rings (SSSR count). The van der Waals surface area contributed by atoms with Crippen molar-refractivity contribution in [2.24, 2.45) is 4.99 Å². The van der Waals surface area contributed by atoms with Crippen molar-refractivity contribution in [2.75, 3.05) is 25.9 Å². The Morgan fingerprint density at radius 1 is 1.17 bits per heavy atom. The molecule has 0 fully saturated rings. The lowest BCUT2D eigenvalue weighted by Crippen LogP contribution is -2.46. The summed E-state index contributed by atoms with van der Waals surface area (Å²) in [6, 6.07) is 0. The minimum Gasteiger partial charge on any atom is -0.357 e. The van der Waals surface area contributed by atoms with Crippen LogP contribution < -0.4 is 15.4 Å². The van der Waals surface area contributed by atoms with Gasteiger partial charge >= 0.3 is 0 Å². The van der Waals surface area contributed by atoms with Crippen molar-refractivity contribution in [1.82, 2.24) is 15.4 Å². The fourth-order valence-corrected chi connectivity index (χ4v) is 2.39. The van der Waals surface area contributed by atoms with Crippen LogP contribution in [0.5, 0.6) is 0 Å². The van der Waals surface area contributed by atoms with Crippen LogP contribution in [-0.4, -0.2) is 45.8 Å². The van der Waals surface area contributed by atoms with E-state index in [4.69, 9.17) is 0 Å². The summed E-state index contributed by atoms with van der Waals surface area (Å²) < 4.78 is 24.8. The van der Waals surface area contributed by atoms with Crippen molar-refractivity contribution in [3.05, 3.63) is 0 Å². The number of nitrogens with one attached hydrogen (secondary N) is 3. The topological polar surface area (TPSA) is 82.6 Å². The van der Waals surface area contributed by atoms with Crippen LogP contribution in [0.3, 0.4) is 0 Å². The normalized spacial score (nSPS) is 11.4. The Balaban J connectivity index is 0. The third-order valence-corrected chi connectivity index (χ3v) is 2.71. The van der Waals surface area contributed by atoms with E-state index in [1.807, 2.05) is 13.8 Å². The zero-order chi connectivity index (χ0) is 13.5. The van der Waals surface area contributed by atoms with Gasteiger partial charge in [0.05, 0.1) is 12.8 Å². The fourth-order valence-electron chi connectivity index (χ4n) is 1.32. The van der Waals surface area contributed by atoms with Gasteiger partial charge in [-0.05, 0) is 27.7 Å². The summed E-state index contributed by atoms with van der Waals surface area (Å²) in [7, 11) is -3.21. The van der Waals surface area contributed by atoms with Gasteiger partial charge in [0.1, 0.15) is 0 Å². The van der Waals surface area contributed by atoms with E-state index in [0.717, 1.165) is 19.3 Å². The van der Waals surface area contributed by atoms with Gasteiger partial charge in [-0.3, -0.25) is 4.99 Å². The summed E-state index contributed by atoms with van der Waals surface area (Å²) in [4.78, 5) is 4.33. The highest BCUT2D eigenvalue weighted by Crippen LogP contribution is 2.04. The summed E-state index contributed by atoms with van der Waals surface area (Å²) in [5.74, 6) is 0.693. The lowest BCUT2D eigenvalue weighted by atomic mass is 10.1. The van der Waals surface area contributed by atoms with Crippen LogP contribution in [0, 0.1) is 0 Å². The van der Waals surface area contributed by atoms with E-state index < -0.39 is 15.6 Å². The summed E-state index contributed by atoms with van der Waals surface area (Å²) in [5.41, 5.74) is -0.594. The van der Waals surface area contributed by atoms with Gasteiger partial charge in [0, 0.05) is 18.6 Å². The Morgan fingerprint density at radius 3 is 1.94 bits per heavy atom. The lowest BCUT2D eigenvalue weighted by molar-refractivity contribution is 0.464. The molecule has 0 saturated heterocycles. The first-order valence-corrected chi connectivity index (χ1v) is 7.60. The first-order valence-electron chi connectivity index (χ1n) is 5.71. The average molecular weight is 392 g/mol. The van der Waals surface area contributed by atoms with Crippen molar-refractivity contribution >= 4 is 40.0 Å². The van der Waals surface area contributed by atoms with Crippen LogP contribution in [0.2, 0.25) is 0 Å². The molecule has 0 heterocycles. The smallest absolute Gasteiger partial charge is 0.209 e. The van der Waals surface area contributed by atoms with Crippen molar-refractivity contribution in [1.29, 1.82) is 0 Å². The number of sulfonamides is 1. The number of guanidine groups is 1. The lowest BCUT2D eigenvalue weighted by Gasteiger charge is -2.23. The van der Waals surface area contributed by atoms with Crippen LogP contribution in [0.4, 0.5) is 0 Å². The summed E-state index contributed by atoms with van der Waals surface area (Å²) in [6.45, 7) is 9.46. The number of rotatable bonds is 6. The van der Waals surface area contributed by atoms with Gasteiger partial charge < -0.3 is 10.6 Å². The molecular weight excluding hydrogens is 367 g/mol. The molecule has 0 aliphatic heterocycles. The molecule has 0 bridgehead atoms. The summed E-state index contributed by atoms with van der Waals surface area (Å²) in [5, 5.41) is 6.16. The Morgan fingerprint density at radius 2 is 1.61 bits per heavy atom. The molecule has 0 aliphatic carbocycles. The van der Waals surface area contributed by atoms with E-state index in [0.29, 0.717) is 12.5 Å². The van der Waals surface area contributed by atoms with Crippen molar-refractivity contribution in [3.63, 3.8) is 0 Å². The molecule has 0 saturated carbocycles. The Kier molecular flexibility index (Phi) is 10.0. The Hall–Kier alpha value is -0.0900. The zero-order valence-electron chi connectivity index (χ0n) is 11.7. The maximum absolute atomic E-state index is 11.2. The maximum Gasteiger partial charge on any atom is 0.209 e. The minimum absolute atomic E-state index is 0. The third-order valence-electron chi connectivity index (χ3n) is 1.78. The minimum atomic E-state index is -3.21. The average Bonchev–Trinajstić information content (AvgIpc) is 2.11. The van der Waals surface area contributed by atoms with Gasteiger partial charge in [0.15, 0.2) is 5.96 Å². The monoisotopic (exact) mass is 392 g/mol. The highest BCUT2D eigenvalue weighted by Gasteiger charge is 2.21. The van der Waals surface area contributed by atoms with Crippen molar-refractivity contribution < 1.29 is 8.42 Å². The molecule has 0 aliphatic rings. The molecule has 0 radical (unpaired) electrons. The van der Waals surface area contributed by atoms with E-state index >= 15 is 0 Å². The van der Waals surface area contributed by atoms with Crippen LogP contribution in [0.1, 0.15) is 27.7 Å². The van der Waals surface area contributed by atoms with Crippen LogP contribution in [0.15, 0.2) is 4.99 Å². The second-order valence-electron chi connectivity index (χ2n) is 4.48. The quantitative estimate of drug-likeness (QED) is 0.350. The predicted octanol–water partition coefficient (Wildman–Crippen LogP) is 0.507. The summed E-state index contributed by atoms with van der Waals surface area (Å²) in [6.07, 6.45) is 1.15. The van der Waals surface area contributed by atoms with Gasteiger partial charge in [0.25, 0.3) is 0 Å². The first kappa shape index (κ1) is 20.2. The molecule has 8 heteroatoms. The van der Waals surface area contributed by atoms with Gasteiger partial charge in [0.2, 0.25) is 10.0 Å². The van der Waals surface area contributed by atoms with Crippen molar-refractivity contribution in [3.8, 4) is 0 Å². The fraction of sp³-hybridized carbons (Fsp3) is 0.900. The van der Waals surface area contributed by atoms with Gasteiger partial charge in [-0.25, -0.2) is 13.1 Å². The van der Waals surface area contributed by atoms with E-state index in [-0.39, 0.29) is 24.0 Å². The molecular formula is C10H25IN4O2S. The molecule has 0 unspecified atom stereocenters. The number of hydrogen-bond donors (Lipinski definition) is 3. The number of halogens is 1. The third kappa shape index (κ3) is 11.0. The number of nitrogens with zero attached hydrogens (tertiary/aromatic N) is 1. The zero-order valence-corrected chi connectivity index (χ0v) is 14.8. The molecule has 0 aromatic rings. The Bertz CT molecular complexity index is 347. The Labute approximate surface area is 127 Å². The van der Waals surface area contributed by atoms with Gasteiger partial charge in [-0.1, -0.05) is 0 Å². The highest BCUT2D eigenvalue weighted by atomic mass is 127. The van der Waals surface area contributed by atoms with Crippen molar-refractivity contribution in [2.45, 2.75) is 33.2 Å². The van der Waals surface area contributed by atoms with Crippen LogP contribution >= 0.6 is 24.0 Å².